The Labute approximate surface area is 147 Å². The van der Waals surface area contributed by atoms with Crippen LogP contribution in [-0.2, 0) is 0 Å². The molecule has 0 radical (unpaired) electrons. The van der Waals surface area contributed by atoms with Crippen LogP contribution in [0.15, 0.2) is 36.4 Å². The van der Waals surface area contributed by atoms with Crippen LogP contribution >= 0.6 is 0 Å². The third kappa shape index (κ3) is 4.04. The van der Waals surface area contributed by atoms with Crippen molar-refractivity contribution in [2.75, 3.05) is 19.0 Å². The Balaban J connectivity index is 2.39. The SMILES string of the molecule is CCOc1cccc(C(=O)Nc2cc([N+](=O)[O-])c(OC)c([N+](=O)[O-])c2)c1. The first-order chi connectivity index (χ1) is 12.4. The zero-order chi connectivity index (χ0) is 19.3. The average Bonchev–Trinajstić information content (AvgIpc) is 2.61. The van der Waals surface area contributed by atoms with E-state index in [0.717, 1.165) is 19.2 Å². The van der Waals surface area contributed by atoms with Crippen LogP contribution in [-0.4, -0.2) is 29.5 Å². The van der Waals surface area contributed by atoms with Crippen LogP contribution < -0.4 is 14.8 Å². The number of rotatable bonds is 7. The van der Waals surface area contributed by atoms with E-state index in [1.165, 1.54) is 12.1 Å². The van der Waals surface area contributed by atoms with Crippen LogP contribution in [0.25, 0.3) is 0 Å². The van der Waals surface area contributed by atoms with Gasteiger partial charge in [0.25, 0.3) is 11.7 Å². The molecule has 0 aliphatic rings. The molecule has 1 N–H and O–H groups in total. The summed E-state index contributed by atoms with van der Waals surface area (Å²) < 4.78 is 10.1. The average molecular weight is 361 g/mol. The third-order valence-electron chi connectivity index (χ3n) is 3.31. The summed E-state index contributed by atoms with van der Waals surface area (Å²) in [5.74, 6) is -0.608. The number of hydrogen-bond acceptors (Lipinski definition) is 7. The number of amides is 1. The second kappa shape index (κ2) is 7.92. The molecular weight excluding hydrogens is 346 g/mol. The summed E-state index contributed by atoms with van der Waals surface area (Å²) in [5, 5.41) is 24.7. The second-order valence-electron chi connectivity index (χ2n) is 4.98. The van der Waals surface area contributed by atoms with Gasteiger partial charge < -0.3 is 14.8 Å². The molecule has 2 aromatic carbocycles. The van der Waals surface area contributed by atoms with Gasteiger partial charge in [0.05, 0.1) is 29.3 Å². The van der Waals surface area contributed by atoms with E-state index >= 15 is 0 Å². The summed E-state index contributed by atoms with van der Waals surface area (Å²) in [5.41, 5.74) is -1.12. The quantitative estimate of drug-likeness (QED) is 0.591. The normalized spacial score (nSPS) is 10.1. The number of methoxy groups -OCH3 is 1. The maximum Gasteiger partial charge on any atom is 0.320 e. The first-order valence-corrected chi connectivity index (χ1v) is 7.42. The summed E-state index contributed by atoms with van der Waals surface area (Å²) >= 11 is 0. The summed E-state index contributed by atoms with van der Waals surface area (Å²) in [4.78, 5) is 33.0. The van der Waals surface area contributed by atoms with E-state index in [0.29, 0.717) is 12.4 Å². The van der Waals surface area contributed by atoms with Gasteiger partial charge in [-0.05, 0) is 25.1 Å². The molecule has 0 fully saturated rings. The molecule has 0 saturated heterocycles. The number of hydrogen-bond donors (Lipinski definition) is 1. The highest BCUT2D eigenvalue weighted by molar-refractivity contribution is 6.05. The molecule has 10 nitrogen and oxygen atoms in total. The van der Waals surface area contributed by atoms with Gasteiger partial charge in [0, 0.05) is 17.7 Å². The van der Waals surface area contributed by atoms with Gasteiger partial charge in [-0.15, -0.1) is 0 Å². The standard InChI is InChI=1S/C16H15N3O7/c1-3-26-12-6-4-5-10(7-12)16(20)17-11-8-13(18(21)22)15(25-2)14(9-11)19(23)24/h4-9H,3H2,1-2H3,(H,17,20). The molecule has 136 valence electrons. The Morgan fingerprint density at radius 2 is 1.73 bits per heavy atom. The fourth-order valence-corrected chi connectivity index (χ4v) is 2.25. The Kier molecular flexibility index (Phi) is 5.68. The van der Waals surface area contributed by atoms with Crippen LogP contribution in [0.3, 0.4) is 0 Å². The number of nitro benzene ring substituents is 2. The fraction of sp³-hybridized carbons (Fsp3) is 0.188. The van der Waals surface area contributed by atoms with Gasteiger partial charge >= 0.3 is 11.4 Å². The van der Waals surface area contributed by atoms with Gasteiger partial charge in [0.2, 0.25) is 0 Å². The van der Waals surface area contributed by atoms with E-state index in [4.69, 9.17) is 9.47 Å². The number of benzene rings is 2. The first-order valence-electron chi connectivity index (χ1n) is 7.42. The lowest BCUT2D eigenvalue weighted by Gasteiger charge is -2.09. The van der Waals surface area contributed by atoms with E-state index in [1.807, 2.05) is 0 Å². The Hall–Kier alpha value is -3.69. The van der Waals surface area contributed by atoms with Crippen molar-refractivity contribution in [3.05, 3.63) is 62.2 Å². The molecule has 0 bridgehead atoms. The van der Waals surface area contributed by atoms with Crippen molar-refractivity contribution in [2.24, 2.45) is 0 Å². The topological polar surface area (TPSA) is 134 Å². The largest absolute Gasteiger partial charge is 0.494 e. The molecular formula is C16H15N3O7. The van der Waals surface area contributed by atoms with Crippen LogP contribution in [0.1, 0.15) is 17.3 Å². The molecule has 0 aromatic heterocycles. The smallest absolute Gasteiger partial charge is 0.320 e. The summed E-state index contributed by atoms with van der Waals surface area (Å²) in [7, 11) is 1.09. The Bertz CT molecular complexity index is 832. The van der Waals surface area contributed by atoms with E-state index in [-0.39, 0.29) is 11.3 Å². The fourth-order valence-electron chi connectivity index (χ4n) is 2.25. The molecule has 10 heteroatoms. The maximum atomic E-state index is 12.3. The number of carbonyl (C=O) groups is 1. The molecule has 0 saturated carbocycles. The number of ether oxygens (including phenoxy) is 2. The molecule has 0 heterocycles. The number of anilines is 1. The predicted octanol–water partition coefficient (Wildman–Crippen LogP) is 3.16. The number of nitrogens with one attached hydrogen (secondary N) is 1. The minimum atomic E-state index is -0.822. The second-order valence-corrected chi connectivity index (χ2v) is 4.98. The highest BCUT2D eigenvalue weighted by Crippen LogP contribution is 2.39. The van der Waals surface area contributed by atoms with E-state index in [1.54, 1.807) is 19.1 Å². The van der Waals surface area contributed by atoms with Crippen LogP contribution in [0.5, 0.6) is 11.5 Å². The number of carbonyl (C=O) groups excluding carboxylic acids is 1. The lowest BCUT2D eigenvalue weighted by atomic mass is 10.1. The number of nitrogens with zero attached hydrogens (tertiary/aromatic N) is 2. The van der Waals surface area contributed by atoms with E-state index in [9.17, 15) is 25.0 Å². The highest BCUT2D eigenvalue weighted by Gasteiger charge is 2.28. The molecule has 1 amide bonds. The van der Waals surface area contributed by atoms with Crippen molar-refractivity contribution in [1.29, 1.82) is 0 Å². The summed E-state index contributed by atoms with van der Waals surface area (Å²) in [6, 6.07) is 8.28. The van der Waals surface area contributed by atoms with Gasteiger partial charge in [0.1, 0.15) is 5.75 Å². The van der Waals surface area contributed by atoms with Gasteiger partial charge in [-0.3, -0.25) is 25.0 Å². The van der Waals surface area contributed by atoms with E-state index < -0.39 is 32.9 Å². The Morgan fingerprint density at radius 3 is 2.23 bits per heavy atom. The first kappa shape index (κ1) is 18.6. The highest BCUT2D eigenvalue weighted by atomic mass is 16.6. The number of nitro groups is 2. The zero-order valence-corrected chi connectivity index (χ0v) is 13.9. The van der Waals surface area contributed by atoms with Crippen molar-refractivity contribution in [1.82, 2.24) is 0 Å². The van der Waals surface area contributed by atoms with Crippen molar-refractivity contribution in [3.8, 4) is 11.5 Å². The van der Waals surface area contributed by atoms with Crippen molar-refractivity contribution >= 4 is 23.0 Å². The monoisotopic (exact) mass is 361 g/mol. The molecule has 2 aromatic rings. The van der Waals surface area contributed by atoms with Crippen molar-refractivity contribution in [3.63, 3.8) is 0 Å². The lowest BCUT2D eigenvalue weighted by Crippen LogP contribution is -2.13. The van der Waals surface area contributed by atoms with Gasteiger partial charge in [0.15, 0.2) is 0 Å². The molecule has 0 spiro atoms. The van der Waals surface area contributed by atoms with Crippen LogP contribution in [0.2, 0.25) is 0 Å². The van der Waals surface area contributed by atoms with Gasteiger partial charge in [-0.2, -0.15) is 0 Å². The van der Waals surface area contributed by atoms with Crippen LogP contribution in [0, 0.1) is 20.2 Å². The van der Waals surface area contributed by atoms with E-state index in [2.05, 4.69) is 5.32 Å². The molecule has 2 rings (SSSR count). The predicted molar refractivity (Wildman–Crippen MR) is 91.9 cm³/mol. The maximum absolute atomic E-state index is 12.3. The van der Waals surface area contributed by atoms with Gasteiger partial charge in [-0.25, -0.2) is 0 Å². The molecule has 0 aliphatic heterocycles. The molecule has 26 heavy (non-hydrogen) atoms. The zero-order valence-electron chi connectivity index (χ0n) is 13.9. The molecule has 0 atom stereocenters. The van der Waals surface area contributed by atoms with Gasteiger partial charge in [-0.1, -0.05) is 6.07 Å². The molecule has 0 aliphatic carbocycles. The minimum absolute atomic E-state index is 0.101. The van der Waals surface area contributed by atoms with Crippen molar-refractivity contribution in [2.45, 2.75) is 6.92 Å². The minimum Gasteiger partial charge on any atom is -0.494 e. The summed E-state index contributed by atoms with van der Waals surface area (Å²) in [6.07, 6.45) is 0. The van der Waals surface area contributed by atoms with Crippen LogP contribution in [0.4, 0.5) is 17.1 Å². The lowest BCUT2D eigenvalue weighted by molar-refractivity contribution is -0.395. The third-order valence-corrected chi connectivity index (χ3v) is 3.31. The van der Waals surface area contributed by atoms with Crippen molar-refractivity contribution < 1.29 is 24.1 Å². The summed E-state index contributed by atoms with van der Waals surface area (Å²) in [6.45, 7) is 2.21. The molecule has 0 unspecified atom stereocenters. The Morgan fingerprint density at radius 1 is 1.12 bits per heavy atom.